The van der Waals surface area contributed by atoms with Gasteiger partial charge < -0.3 is 14.4 Å². The number of carbonyl (C=O) groups is 2. The highest BCUT2D eigenvalue weighted by Gasteiger charge is 2.34. The summed E-state index contributed by atoms with van der Waals surface area (Å²) in [7, 11) is 3.24. The van der Waals surface area contributed by atoms with E-state index in [4.69, 9.17) is 21.7 Å². The normalized spacial score (nSPS) is 17.9. The second-order valence-electron chi connectivity index (χ2n) is 8.41. The minimum absolute atomic E-state index is 0.0412. The molecule has 0 N–H and O–H groups in total. The second-order valence-corrected chi connectivity index (χ2v) is 10.1. The van der Waals surface area contributed by atoms with E-state index in [1.807, 2.05) is 11.0 Å². The third-order valence-electron chi connectivity index (χ3n) is 6.26. The first-order chi connectivity index (χ1) is 16.7. The number of piperidine rings is 1. The molecular weight excluding hydrogens is 488 g/mol. The lowest BCUT2D eigenvalue weighted by atomic mass is 9.95. The molecule has 2 aliphatic rings. The quantitative estimate of drug-likeness (QED) is 0.222. The Kier molecular flexibility index (Phi) is 9.10. The number of aromatic nitrogens is 1. The summed E-state index contributed by atoms with van der Waals surface area (Å²) in [5, 5.41) is 9.65. The summed E-state index contributed by atoms with van der Waals surface area (Å²) < 4.78 is 12.2. The van der Waals surface area contributed by atoms with Crippen LogP contribution in [0.2, 0.25) is 0 Å². The summed E-state index contributed by atoms with van der Waals surface area (Å²) in [5.41, 5.74) is 0.801. The Bertz CT molecular complexity index is 1150. The van der Waals surface area contributed by atoms with Crippen LogP contribution in [0.25, 0.3) is 6.08 Å². The summed E-state index contributed by atoms with van der Waals surface area (Å²) in [4.78, 5) is 42.3. The van der Waals surface area contributed by atoms with E-state index in [0.717, 1.165) is 0 Å². The van der Waals surface area contributed by atoms with Crippen molar-refractivity contribution in [1.29, 1.82) is 5.26 Å². The third kappa shape index (κ3) is 5.60. The van der Waals surface area contributed by atoms with Crippen LogP contribution in [0.1, 0.15) is 42.9 Å². The molecule has 3 rings (SSSR count). The molecular formula is C24H30N4O5S2. The number of nitriles is 1. The largest absolute Gasteiger partial charge is 0.466 e. The van der Waals surface area contributed by atoms with Gasteiger partial charge in [-0.15, -0.1) is 0 Å². The number of hydrogen-bond acceptors (Lipinski definition) is 9. The van der Waals surface area contributed by atoms with Crippen LogP contribution < -0.4 is 10.5 Å². The molecule has 0 radical (unpaired) electrons. The molecule has 0 bridgehead atoms. The van der Waals surface area contributed by atoms with Crippen molar-refractivity contribution < 1.29 is 19.1 Å². The van der Waals surface area contributed by atoms with Crippen LogP contribution in [0.3, 0.4) is 0 Å². The number of thioether (sulfide) groups is 1. The predicted octanol–water partition coefficient (Wildman–Crippen LogP) is 2.58. The molecule has 0 saturated carbocycles. The Morgan fingerprint density at radius 3 is 2.60 bits per heavy atom. The van der Waals surface area contributed by atoms with Crippen molar-refractivity contribution in [3.05, 3.63) is 31.9 Å². The summed E-state index contributed by atoms with van der Waals surface area (Å²) in [6, 6.07) is 2.01. The fraction of sp³-hybridized carbons (Fsp3) is 0.542. The number of esters is 1. The predicted molar refractivity (Wildman–Crippen MR) is 139 cm³/mol. The number of rotatable bonds is 8. The first-order valence-electron chi connectivity index (χ1n) is 11.5. The van der Waals surface area contributed by atoms with Gasteiger partial charge in [-0.2, -0.15) is 5.26 Å². The minimum Gasteiger partial charge on any atom is -0.466 e. The van der Waals surface area contributed by atoms with Crippen LogP contribution in [0, 0.1) is 24.2 Å². The van der Waals surface area contributed by atoms with Crippen molar-refractivity contribution in [2.45, 2.75) is 33.1 Å². The zero-order valence-corrected chi connectivity index (χ0v) is 22.1. The molecule has 0 unspecified atom stereocenters. The molecule has 0 atom stereocenters. The molecule has 1 aromatic heterocycles. The van der Waals surface area contributed by atoms with Crippen LogP contribution in [0.15, 0.2) is 9.70 Å². The zero-order valence-electron chi connectivity index (χ0n) is 20.5. The highest BCUT2D eigenvalue weighted by atomic mass is 32.2. The molecule has 3 heterocycles. The fourth-order valence-electron chi connectivity index (χ4n) is 4.37. The lowest BCUT2D eigenvalue weighted by Gasteiger charge is -2.35. The van der Waals surface area contributed by atoms with Gasteiger partial charge in [0, 0.05) is 46.0 Å². The van der Waals surface area contributed by atoms with Gasteiger partial charge in [0.25, 0.3) is 11.5 Å². The van der Waals surface area contributed by atoms with Crippen LogP contribution in [0.4, 0.5) is 5.82 Å². The van der Waals surface area contributed by atoms with E-state index >= 15 is 0 Å². The van der Waals surface area contributed by atoms with E-state index in [0.29, 0.717) is 78.3 Å². The van der Waals surface area contributed by atoms with Crippen molar-refractivity contribution in [2.75, 3.05) is 44.9 Å². The second kappa shape index (κ2) is 11.8. The maximum atomic E-state index is 13.1. The van der Waals surface area contributed by atoms with Gasteiger partial charge in [-0.3, -0.25) is 23.9 Å². The molecule has 2 fully saturated rings. The van der Waals surface area contributed by atoms with Gasteiger partial charge in [0.15, 0.2) is 0 Å². The number of methoxy groups -OCH3 is 1. The van der Waals surface area contributed by atoms with Gasteiger partial charge in [0.05, 0.1) is 17.4 Å². The Hall–Kier alpha value is -2.68. The first-order valence-corrected chi connectivity index (χ1v) is 12.8. The molecule has 2 saturated heterocycles. The molecule has 0 aliphatic carbocycles. The molecule has 1 aromatic rings. The lowest BCUT2D eigenvalue weighted by Crippen LogP contribution is -2.40. The number of nitrogens with zero attached hydrogens (tertiary/aromatic N) is 4. The van der Waals surface area contributed by atoms with Crippen molar-refractivity contribution in [3.8, 4) is 6.07 Å². The summed E-state index contributed by atoms with van der Waals surface area (Å²) >= 11 is 6.64. The molecule has 2 aliphatic heterocycles. The molecule has 1 amide bonds. The van der Waals surface area contributed by atoms with Crippen molar-refractivity contribution >= 4 is 52.1 Å². The standard InChI is InChI=1S/C24H30N4O5S2/c1-5-33-23(31)16-7-10-27(11-8-16)20-17(15(2)18(14-25)21(29)26(20)3)13-19-22(30)28(24(34)35-19)9-6-12-32-4/h13,16H,5-12H2,1-4H3. The van der Waals surface area contributed by atoms with Gasteiger partial charge in [-0.1, -0.05) is 24.0 Å². The maximum absolute atomic E-state index is 13.1. The summed E-state index contributed by atoms with van der Waals surface area (Å²) in [6.45, 7) is 5.92. The number of carbonyl (C=O) groups excluding carboxylic acids is 2. The highest BCUT2D eigenvalue weighted by Crippen LogP contribution is 2.36. The van der Waals surface area contributed by atoms with E-state index < -0.39 is 5.56 Å². The van der Waals surface area contributed by atoms with Gasteiger partial charge in [-0.05, 0) is 44.7 Å². The average molecular weight is 519 g/mol. The smallest absolute Gasteiger partial charge is 0.309 e. The highest BCUT2D eigenvalue weighted by molar-refractivity contribution is 8.26. The SMILES string of the molecule is CCOC(=O)C1CCN(c2c(C=C3SC(=S)N(CCCOC)C3=O)c(C)c(C#N)c(=O)n2C)CC1. The lowest BCUT2D eigenvalue weighted by molar-refractivity contribution is -0.148. The van der Waals surface area contributed by atoms with E-state index in [2.05, 4.69) is 0 Å². The monoisotopic (exact) mass is 518 g/mol. The summed E-state index contributed by atoms with van der Waals surface area (Å²) in [6.07, 6.45) is 3.58. The van der Waals surface area contributed by atoms with Gasteiger partial charge in [0.2, 0.25) is 0 Å². The molecule has 0 aromatic carbocycles. The van der Waals surface area contributed by atoms with Crippen molar-refractivity contribution in [3.63, 3.8) is 0 Å². The minimum atomic E-state index is -0.392. The molecule has 9 nitrogen and oxygen atoms in total. The number of hydrogen-bond donors (Lipinski definition) is 0. The van der Waals surface area contributed by atoms with Crippen LogP contribution >= 0.6 is 24.0 Å². The molecule has 0 spiro atoms. The van der Waals surface area contributed by atoms with Gasteiger partial charge in [-0.25, -0.2) is 0 Å². The number of anilines is 1. The van der Waals surface area contributed by atoms with Crippen LogP contribution in [0.5, 0.6) is 0 Å². The number of thiocarbonyl (C=S) groups is 1. The van der Waals surface area contributed by atoms with Gasteiger partial charge in [0.1, 0.15) is 21.8 Å². The third-order valence-corrected chi connectivity index (χ3v) is 7.64. The first kappa shape index (κ1) is 26.9. The van der Waals surface area contributed by atoms with Gasteiger partial charge >= 0.3 is 5.97 Å². The van der Waals surface area contributed by atoms with Crippen LogP contribution in [-0.2, 0) is 26.1 Å². The molecule has 188 valence electrons. The molecule has 11 heteroatoms. The van der Waals surface area contributed by atoms with Crippen LogP contribution in [-0.4, -0.2) is 65.6 Å². The Morgan fingerprint density at radius 2 is 2.00 bits per heavy atom. The Morgan fingerprint density at radius 1 is 1.31 bits per heavy atom. The number of ether oxygens (including phenoxy) is 2. The van der Waals surface area contributed by atoms with E-state index in [1.54, 1.807) is 39.0 Å². The van der Waals surface area contributed by atoms with E-state index in [-0.39, 0.29) is 23.4 Å². The topological polar surface area (TPSA) is 105 Å². The summed E-state index contributed by atoms with van der Waals surface area (Å²) in [5.74, 6) is 0.0391. The molecule has 35 heavy (non-hydrogen) atoms. The average Bonchev–Trinajstić information content (AvgIpc) is 3.11. The number of pyridine rings is 1. The maximum Gasteiger partial charge on any atom is 0.309 e. The fourth-order valence-corrected chi connectivity index (χ4v) is 5.66. The van der Waals surface area contributed by atoms with Crippen molar-refractivity contribution in [1.82, 2.24) is 9.47 Å². The Balaban J connectivity index is 1.99. The Labute approximate surface area is 214 Å². The zero-order chi connectivity index (χ0) is 25.7. The van der Waals surface area contributed by atoms with E-state index in [1.165, 1.54) is 16.3 Å². The van der Waals surface area contributed by atoms with Crippen molar-refractivity contribution in [2.24, 2.45) is 13.0 Å². The van der Waals surface area contributed by atoms with E-state index in [9.17, 15) is 19.6 Å². The number of amides is 1.